The second kappa shape index (κ2) is 8.66. The zero-order valence-electron chi connectivity index (χ0n) is 16.5. The minimum Gasteiger partial charge on any atom is -0.383 e. The predicted molar refractivity (Wildman–Crippen MR) is 110 cm³/mol. The smallest absolute Gasteiger partial charge is 0.383 e. The number of nitrogens with one attached hydrogen (secondary N) is 1. The van der Waals surface area contributed by atoms with E-state index in [1.54, 1.807) is 25.3 Å². The van der Waals surface area contributed by atoms with Crippen LogP contribution in [0, 0.1) is 6.92 Å². The van der Waals surface area contributed by atoms with E-state index in [4.69, 9.17) is 5.73 Å². The fourth-order valence-electron chi connectivity index (χ4n) is 2.91. The average Bonchev–Trinajstić information content (AvgIpc) is 3.17. The molecule has 3 rings (SSSR count). The van der Waals surface area contributed by atoms with Crippen molar-refractivity contribution in [3.05, 3.63) is 52.9 Å². The van der Waals surface area contributed by atoms with E-state index in [9.17, 15) is 18.3 Å². The molecule has 0 spiro atoms. The van der Waals surface area contributed by atoms with E-state index in [2.05, 4.69) is 20.3 Å². The molecule has 2 aromatic heterocycles. The second-order valence-electron chi connectivity index (χ2n) is 7.17. The number of benzene rings is 1. The van der Waals surface area contributed by atoms with Crippen LogP contribution in [0.15, 0.2) is 36.7 Å². The molecule has 160 valence electrons. The number of alkyl halides is 3. The lowest BCUT2D eigenvalue weighted by molar-refractivity contribution is -0.141. The first-order valence-electron chi connectivity index (χ1n) is 9.26. The first-order valence-corrected chi connectivity index (χ1v) is 10.1. The van der Waals surface area contributed by atoms with E-state index in [1.165, 1.54) is 11.3 Å². The van der Waals surface area contributed by atoms with E-state index in [-0.39, 0.29) is 5.95 Å². The number of nitrogens with two attached hydrogens (primary N) is 1. The highest BCUT2D eigenvalue weighted by Gasteiger charge is 2.32. The third-order valence-electron chi connectivity index (χ3n) is 4.40. The standard InChI is InChI=1S/C20H22F3N5OS/c1-12-8-13(15-11-26-17(30-15)19(2,29)5-3-6-24)10-14(9-12)27-18-25-7-4-16(28-18)20(21,22)23/h4,7-11,29H,3,5-6,24H2,1-2H3,(H,25,27,28). The minimum absolute atomic E-state index is 0.143. The molecule has 1 aromatic carbocycles. The molecule has 0 aliphatic rings. The summed E-state index contributed by atoms with van der Waals surface area (Å²) in [4.78, 5) is 12.6. The maximum absolute atomic E-state index is 12.9. The summed E-state index contributed by atoms with van der Waals surface area (Å²) in [6.45, 7) is 4.07. The van der Waals surface area contributed by atoms with Gasteiger partial charge in [-0.05, 0) is 62.6 Å². The van der Waals surface area contributed by atoms with Crippen molar-refractivity contribution in [2.45, 2.75) is 38.5 Å². The average molecular weight is 437 g/mol. The molecule has 0 bridgehead atoms. The Morgan fingerprint density at radius 1 is 1.20 bits per heavy atom. The summed E-state index contributed by atoms with van der Waals surface area (Å²) in [6, 6.07) is 6.32. The van der Waals surface area contributed by atoms with E-state index in [0.717, 1.165) is 28.3 Å². The summed E-state index contributed by atoms with van der Waals surface area (Å²) < 4.78 is 38.6. The second-order valence-corrected chi connectivity index (χ2v) is 8.20. The number of rotatable bonds is 7. The molecular formula is C20H22F3N5OS. The van der Waals surface area contributed by atoms with Crippen LogP contribution >= 0.6 is 11.3 Å². The third kappa shape index (κ3) is 5.32. The Hall–Kier alpha value is -2.56. The van der Waals surface area contributed by atoms with Gasteiger partial charge < -0.3 is 16.2 Å². The summed E-state index contributed by atoms with van der Waals surface area (Å²) in [7, 11) is 0. The van der Waals surface area contributed by atoms with E-state index in [1.807, 2.05) is 13.0 Å². The van der Waals surface area contributed by atoms with Crippen LogP contribution in [0.1, 0.15) is 36.0 Å². The van der Waals surface area contributed by atoms with Crippen LogP contribution < -0.4 is 11.1 Å². The van der Waals surface area contributed by atoms with Crippen molar-refractivity contribution >= 4 is 23.0 Å². The van der Waals surface area contributed by atoms with Crippen LogP contribution in [-0.4, -0.2) is 26.6 Å². The molecule has 0 radical (unpaired) electrons. The Balaban J connectivity index is 1.86. The molecule has 30 heavy (non-hydrogen) atoms. The third-order valence-corrected chi connectivity index (χ3v) is 5.70. The van der Waals surface area contributed by atoms with Gasteiger partial charge in [0.15, 0.2) is 0 Å². The number of thiazole rings is 1. The first kappa shape index (κ1) is 22.1. The van der Waals surface area contributed by atoms with Gasteiger partial charge in [0.2, 0.25) is 5.95 Å². The van der Waals surface area contributed by atoms with Crippen molar-refractivity contribution < 1.29 is 18.3 Å². The van der Waals surface area contributed by atoms with Gasteiger partial charge in [-0.3, -0.25) is 0 Å². The highest BCUT2D eigenvalue weighted by molar-refractivity contribution is 7.15. The number of aliphatic hydroxyl groups is 1. The molecule has 0 amide bonds. The van der Waals surface area contributed by atoms with E-state index in [0.29, 0.717) is 30.1 Å². The SMILES string of the molecule is Cc1cc(Nc2nccc(C(F)(F)F)n2)cc(-c2cnc(C(C)(O)CCCN)s2)c1. The molecule has 0 aliphatic heterocycles. The number of halogens is 3. The van der Waals surface area contributed by atoms with Gasteiger partial charge in [0, 0.05) is 18.1 Å². The Bertz CT molecular complexity index is 1020. The molecule has 3 aromatic rings. The molecule has 10 heteroatoms. The molecule has 0 aliphatic carbocycles. The number of aromatic nitrogens is 3. The monoisotopic (exact) mass is 437 g/mol. The fourth-order valence-corrected chi connectivity index (χ4v) is 3.89. The van der Waals surface area contributed by atoms with Gasteiger partial charge >= 0.3 is 6.18 Å². The van der Waals surface area contributed by atoms with Gasteiger partial charge in [-0.15, -0.1) is 11.3 Å². The number of nitrogens with zero attached hydrogens (tertiary/aromatic N) is 3. The largest absolute Gasteiger partial charge is 0.433 e. The molecule has 6 nitrogen and oxygen atoms in total. The summed E-state index contributed by atoms with van der Waals surface area (Å²) in [5, 5.41) is 14.1. The molecular weight excluding hydrogens is 415 g/mol. The van der Waals surface area contributed by atoms with Crippen LogP contribution in [0.25, 0.3) is 10.4 Å². The number of hydrogen-bond donors (Lipinski definition) is 3. The van der Waals surface area contributed by atoms with Crippen LogP contribution in [0.4, 0.5) is 24.8 Å². The zero-order valence-corrected chi connectivity index (χ0v) is 17.3. The Kier molecular flexibility index (Phi) is 6.39. The van der Waals surface area contributed by atoms with E-state index >= 15 is 0 Å². The fraction of sp³-hybridized carbons (Fsp3) is 0.350. The summed E-state index contributed by atoms with van der Waals surface area (Å²) in [5.41, 5.74) is 5.71. The molecule has 2 heterocycles. The minimum atomic E-state index is -4.54. The molecule has 1 unspecified atom stereocenters. The molecule has 4 N–H and O–H groups in total. The molecule has 1 atom stereocenters. The van der Waals surface area contributed by atoms with Crippen molar-refractivity contribution in [3.63, 3.8) is 0 Å². The number of anilines is 2. The summed E-state index contributed by atoms with van der Waals surface area (Å²) in [6.07, 6.45) is -0.623. The lowest BCUT2D eigenvalue weighted by atomic mass is 10.0. The van der Waals surface area contributed by atoms with Crippen molar-refractivity contribution in [2.24, 2.45) is 5.73 Å². The first-order chi connectivity index (χ1) is 14.1. The van der Waals surface area contributed by atoms with Crippen molar-refractivity contribution in [1.82, 2.24) is 15.0 Å². The van der Waals surface area contributed by atoms with Gasteiger partial charge in [0.1, 0.15) is 16.3 Å². The van der Waals surface area contributed by atoms with E-state index < -0.39 is 17.5 Å². The highest BCUT2D eigenvalue weighted by atomic mass is 32.1. The normalized spacial score (nSPS) is 13.8. The van der Waals surface area contributed by atoms with Crippen molar-refractivity contribution in [3.8, 4) is 10.4 Å². The molecule has 0 saturated carbocycles. The number of hydrogen-bond acceptors (Lipinski definition) is 7. The maximum atomic E-state index is 12.9. The van der Waals surface area contributed by atoms with Crippen LogP contribution in [-0.2, 0) is 11.8 Å². The van der Waals surface area contributed by atoms with Gasteiger partial charge in [0.25, 0.3) is 0 Å². The Morgan fingerprint density at radius 2 is 1.97 bits per heavy atom. The van der Waals surface area contributed by atoms with Gasteiger partial charge in [-0.2, -0.15) is 13.2 Å². The molecule has 0 saturated heterocycles. The van der Waals surface area contributed by atoms with Crippen LogP contribution in [0.5, 0.6) is 0 Å². The Morgan fingerprint density at radius 3 is 2.67 bits per heavy atom. The molecule has 0 fully saturated rings. The predicted octanol–water partition coefficient (Wildman–Crippen LogP) is 4.62. The van der Waals surface area contributed by atoms with Gasteiger partial charge in [-0.1, -0.05) is 6.07 Å². The van der Waals surface area contributed by atoms with Crippen LogP contribution in [0.3, 0.4) is 0 Å². The topological polar surface area (TPSA) is 97.0 Å². The zero-order chi connectivity index (χ0) is 21.9. The quantitative estimate of drug-likeness (QED) is 0.499. The summed E-state index contributed by atoms with van der Waals surface area (Å²) in [5.74, 6) is -0.143. The summed E-state index contributed by atoms with van der Waals surface area (Å²) >= 11 is 1.36. The van der Waals surface area contributed by atoms with Gasteiger partial charge in [-0.25, -0.2) is 15.0 Å². The van der Waals surface area contributed by atoms with Crippen molar-refractivity contribution in [2.75, 3.05) is 11.9 Å². The lowest BCUT2D eigenvalue weighted by Crippen LogP contribution is -2.22. The maximum Gasteiger partial charge on any atom is 0.433 e. The van der Waals surface area contributed by atoms with Gasteiger partial charge in [0.05, 0.1) is 4.88 Å². The highest BCUT2D eigenvalue weighted by Crippen LogP contribution is 2.36. The lowest BCUT2D eigenvalue weighted by Gasteiger charge is -2.19. The Labute approximate surface area is 176 Å². The van der Waals surface area contributed by atoms with Crippen molar-refractivity contribution in [1.29, 1.82) is 0 Å². The van der Waals surface area contributed by atoms with Crippen LogP contribution in [0.2, 0.25) is 0 Å². The number of aryl methyl sites for hydroxylation is 1.